The number of ether oxygens (including phenoxy) is 2. The van der Waals surface area contributed by atoms with Gasteiger partial charge in [0.1, 0.15) is 5.82 Å². The number of benzene rings is 3. The fourth-order valence-corrected chi connectivity index (χ4v) is 3.62. The molecule has 4 rings (SSSR count). The molecule has 1 N–H and O–H groups in total. The molecule has 0 unspecified atom stereocenters. The van der Waals surface area contributed by atoms with Crippen molar-refractivity contribution in [2.45, 2.75) is 20.0 Å². The summed E-state index contributed by atoms with van der Waals surface area (Å²) in [4.78, 5) is 4.76. The zero-order valence-corrected chi connectivity index (χ0v) is 17.0. The van der Waals surface area contributed by atoms with Gasteiger partial charge < -0.3 is 19.4 Å². The lowest BCUT2D eigenvalue weighted by atomic mass is 10.1. The number of hydrogen-bond donors (Lipinski definition) is 1. The smallest absolute Gasteiger partial charge is 0.165 e. The first-order valence-corrected chi connectivity index (χ1v) is 9.64. The molecule has 0 saturated heterocycles. The molecule has 0 bridgehead atoms. The van der Waals surface area contributed by atoms with Crippen molar-refractivity contribution >= 4 is 16.7 Å². The van der Waals surface area contributed by atoms with Gasteiger partial charge in [0, 0.05) is 24.3 Å². The van der Waals surface area contributed by atoms with E-state index in [2.05, 4.69) is 59.3 Å². The van der Waals surface area contributed by atoms with Crippen LogP contribution >= 0.6 is 0 Å². The van der Waals surface area contributed by atoms with Gasteiger partial charge >= 0.3 is 0 Å². The van der Waals surface area contributed by atoms with Crippen molar-refractivity contribution in [3.05, 3.63) is 83.7 Å². The largest absolute Gasteiger partial charge is 0.493 e. The van der Waals surface area contributed by atoms with Crippen molar-refractivity contribution in [2.24, 2.45) is 0 Å². The molecule has 0 aliphatic rings. The van der Waals surface area contributed by atoms with E-state index in [4.69, 9.17) is 14.5 Å². The summed E-state index contributed by atoms with van der Waals surface area (Å²) in [5, 5.41) is 3.47. The van der Waals surface area contributed by atoms with Crippen LogP contribution in [0.15, 0.2) is 66.7 Å². The fourth-order valence-electron chi connectivity index (χ4n) is 3.62. The van der Waals surface area contributed by atoms with Gasteiger partial charge in [-0.15, -0.1) is 0 Å². The molecule has 1 aromatic heterocycles. The maximum Gasteiger partial charge on any atom is 0.165 e. The Balaban J connectivity index is 1.56. The first-order chi connectivity index (χ1) is 14.2. The quantitative estimate of drug-likeness (QED) is 0.484. The lowest BCUT2D eigenvalue weighted by Crippen LogP contribution is -2.03. The Bertz CT molecular complexity index is 1120. The second-order valence-electron chi connectivity index (χ2n) is 6.94. The zero-order valence-electron chi connectivity index (χ0n) is 17.0. The molecule has 0 fully saturated rings. The Morgan fingerprint density at radius 3 is 2.52 bits per heavy atom. The number of anilines is 1. The van der Waals surface area contributed by atoms with Gasteiger partial charge in [-0.25, -0.2) is 4.98 Å². The zero-order chi connectivity index (χ0) is 20.2. The first-order valence-electron chi connectivity index (χ1n) is 9.64. The van der Waals surface area contributed by atoms with E-state index in [1.807, 2.05) is 24.3 Å². The molecule has 1 heterocycles. The molecular weight excluding hydrogens is 362 g/mol. The van der Waals surface area contributed by atoms with Gasteiger partial charge in [0.2, 0.25) is 0 Å². The summed E-state index contributed by atoms with van der Waals surface area (Å²) in [7, 11) is 3.31. The Labute approximate surface area is 170 Å². The third-order valence-corrected chi connectivity index (χ3v) is 5.09. The number of rotatable bonds is 7. The highest BCUT2D eigenvalue weighted by molar-refractivity contribution is 5.80. The number of fused-ring (bicyclic) bond motifs is 1. The van der Waals surface area contributed by atoms with Gasteiger partial charge in [0.25, 0.3) is 0 Å². The molecule has 3 aromatic carbocycles. The Hall–Kier alpha value is -3.47. The summed E-state index contributed by atoms with van der Waals surface area (Å²) in [6.45, 7) is 3.50. The molecule has 0 aliphatic carbocycles. The van der Waals surface area contributed by atoms with E-state index in [1.165, 1.54) is 5.56 Å². The Kier molecular flexibility index (Phi) is 5.38. The van der Waals surface area contributed by atoms with Crippen LogP contribution in [-0.2, 0) is 13.1 Å². The molecule has 148 valence electrons. The molecule has 0 atom stereocenters. The summed E-state index contributed by atoms with van der Waals surface area (Å²) >= 11 is 0. The predicted molar refractivity (Wildman–Crippen MR) is 117 cm³/mol. The van der Waals surface area contributed by atoms with Crippen molar-refractivity contribution in [1.29, 1.82) is 0 Å². The molecule has 0 aliphatic heterocycles. The topological polar surface area (TPSA) is 48.3 Å². The van der Waals surface area contributed by atoms with E-state index in [0.717, 1.165) is 46.2 Å². The summed E-state index contributed by atoms with van der Waals surface area (Å²) in [5.74, 6) is 2.50. The van der Waals surface area contributed by atoms with Gasteiger partial charge in [-0.3, -0.25) is 0 Å². The molecule has 5 nitrogen and oxygen atoms in total. The molecule has 0 spiro atoms. The number of methoxy groups -OCH3 is 2. The average Bonchev–Trinajstić information content (AvgIpc) is 3.06. The van der Waals surface area contributed by atoms with E-state index in [9.17, 15) is 0 Å². The van der Waals surface area contributed by atoms with Gasteiger partial charge in [0.05, 0.1) is 25.3 Å². The van der Waals surface area contributed by atoms with E-state index in [1.54, 1.807) is 14.2 Å². The van der Waals surface area contributed by atoms with Gasteiger partial charge in [0.15, 0.2) is 11.5 Å². The standard InChI is InChI=1S/C24H25N3O2/c1-17-26-21-14-20(25-15-19-10-7-11-23(28-2)24(19)29-3)12-13-22(21)27(17)16-18-8-5-4-6-9-18/h4-14,25H,15-16H2,1-3H3. The predicted octanol–water partition coefficient (Wildman–Crippen LogP) is 5.02. The van der Waals surface area contributed by atoms with Crippen LogP contribution in [0.5, 0.6) is 11.5 Å². The normalized spacial score (nSPS) is 10.9. The minimum atomic E-state index is 0.635. The Morgan fingerprint density at radius 1 is 0.931 bits per heavy atom. The van der Waals surface area contributed by atoms with Crippen molar-refractivity contribution in [3.63, 3.8) is 0 Å². The molecule has 0 amide bonds. The van der Waals surface area contributed by atoms with Crippen molar-refractivity contribution in [3.8, 4) is 11.5 Å². The summed E-state index contributed by atoms with van der Waals surface area (Å²) in [5.41, 5.74) is 5.45. The highest BCUT2D eigenvalue weighted by atomic mass is 16.5. The maximum absolute atomic E-state index is 5.52. The first kappa shape index (κ1) is 18.9. The van der Waals surface area contributed by atoms with Crippen LogP contribution in [0.1, 0.15) is 17.0 Å². The van der Waals surface area contributed by atoms with Crippen LogP contribution in [0.3, 0.4) is 0 Å². The molecule has 29 heavy (non-hydrogen) atoms. The fraction of sp³-hybridized carbons (Fsp3) is 0.208. The summed E-state index contributed by atoms with van der Waals surface area (Å²) < 4.78 is 13.2. The second kappa shape index (κ2) is 8.27. The van der Waals surface area contributed by atoms with Crippen LogP contribution < -0.4 is 14.8 Å². The number of aryl methyl sites for hydroxylation is 1. The van der Waals surface area contributed by atoms with Gasteiger partial charge in [-0.2, -0.15) is 0 Å². The summed E-state index contributed by atoms with van der Waals surface area (Å²) in [6, 6.07) is 22.7. The van der Waals surface area contributed by atoms with E-state index >= 15 is 0 Å². The van der Waals surface area contributed by atoms with Crippen LogP contribution in [-0.4, -0.2) is 23.8 Å². The van der Waals surface area contributed by atoms with Crippen molar-refractivity contribution in [2.75, 3.05) is 19.5 Å². The van der Waals surface area contributed by atoms with Gasteiger partial charge in [-0.1, -0.05) is 42.5 Å². The van der Waals surface area contributed by atoms with Crippen LogP contribution in [0.25, 0.3) is 11.0 Å². The minimum absolute atomic E-state index is 0.635. The van der Waals surface area contributed by atoms with Crippen LogP contribution in [0, 0.1) is 6.92 Å². The lowest BCUT2D eigenvalue weighted by Gasteiger charge is -2.14. The highest BCUT2D eigenvalue weighted by Crippen LogP contribution is 2.31. The number of imidazole rings is 1. The number of aromatic nitrogens is 2. The third-order valence-electron chi connectivity index (χ3n) is 5.09. The lowest BCUT2D eigenvalue weighted by molar-refractivity contribution is 0.352. The molecular formula is C24H25N3O2. The number of nitrogens with zero attached hydrogens (tertiary/aromatic N) is 2. The number of nitrogens with one attached hydrogen (secondary N) is 1. The monoisotopic (exact) mass is 387 g/mol. The number of para-hydroxylation sites is 1. The molecule has 0 saturated carbocycles. The van der Waals surface area contributed by atoms with Gasteiger partial charge in [-0.05, 0) is 36.8 Å². The van der Waals surface area contributed by atoms with E-state index in [-0.39, 0.29) is 0 Å². The Morgan fingerprint density at radius 2 is 1.76 bits per heavy atom. The van der Waals surface area contributed by atoms with Crippen molar-refractivity contribution < 1.29 is 9.47 Å². The molecule has 0 radical (unpaired) electrons. The summed E-state index contributed by atoms with van der Waals surface area (Å²) in [6.07, 6.45) is 0. The van der Waals surface area contributed by atoms with Crippen LogP contribution in [0.2, 0.25) is 0 Å². The van der Waals surface area contributed by atoms with E-state index < -0.39 is 0 Å². The highest BCUT2D eigenvalue weighted by Gasteiger charge is 2.11. The number of hydrogen-bond acceptors (Lipinski definition) is 4. The average molecular weight is 387 g/mol. The molecule has 4 aromatic rings. The second-order valence-corrected chi connectivity index (χ2v) is 6.94. The molecule has 5 heteroatoms. The van der Waals surface area contributed by atoms with Crippen molar-refractivity contribution in [1.82, 2.24) is 9.55 Å². The van der Waals surface area contributed by atoms with Crippen LogP contribution in [0.4, 0.5) is 5.69 Å². The third kappa shape index (κ3) is 3.90. The van der Waals surface area contributed by atoms with E-state index in [0.29, 0.717) is 6.54 Å². The minimum Gasteiger partial charge on any atom is -0.493 e. The SMILES string of the molecule is COc1cccc(CNc2ccc3c(c2)nc(C)n3Cc2ccccc2)c1OC. The maximum atomic E-state index is 5.52.